The molecule has 0 radical (unpaired) electrons. The van der Waals surface area contributed by atoms with E-state index in [0.717, 1.165) is 12.8 Å². The SMILES string of the molecule is CCC(C(=O)OC(C(F)(F)F)C(F)(F)F)C1(OC(=O)C(CC(C)(C)CC)C(C)(C)CC)CCCCC1. The summed E-state index contributed by atoms with van der Waals surface area (Å²) in [6.07, 6.45) is -11.9. The van der Waals surface area contributed by atoms with Crippen molar-refractivity contribution >= 4 is 11.9 Å². The van der Waals surface area contributed by atoms with Crippen molar-refractivity contribution in [3.05, 3.63) is 0 Å². The van der Waals surface area contributed by atoms with Gasteiger partial charge in [-0.25, -0.2) is 0 Å². The molecule has 1 aliphatic carbocycles. The molecule has 0 aromatic heterocycles. The number of hydrogen-bond donors (Lipinski definition) is 0. The third kappa shape index (κ3) is 8.27. The Hall–Kier alpha value is -1.48. The highest BCUT2D eigenvalue weighted by molar-refractivity contribution is 5.77. The van der Waals surface area contributed by atoms with Crippen molar-refractivity contribution in [1.29, 1.82) is 0 Å². The lowest BCUT2D eigenvalue weighted by Gasteiger charge is -2.44. The number of esters is 2. The molecule has 10 heteroatoms. The molecular weight excluding hydrogens is 490 g/mol. The topological polar surface area (TPSA) is 52.6 Å². The van der Waals surface area contributed by atoms with Gasteiger partial charge < -0.3 is 9.47 Å². The molecule has 2 unspecified atom stereocenters. The maximum absolute atomic E-state index is 13.7. The van der Waals surface area contributed by atoms with Gasteiger partial charge in [0.1, 0.15) is 5.60 Å². The van der Waals surface area contributed by atoms with Crippen molar-refractivity contribution in [2.24, 2.45) is 22.7 Å². The monoisotopic (exact) mass is 532 g/mol. The minimum atomic E-state index is -5.81. The molecule has 0 N–H and O–H groups in total. The van der Waals surface area contributed by atoms with Crippen LogP contribution in [0.1, 0.15) is 106 Å². The van der Waals surface area contributed by atoms with Crippen LogP contribution in [0, 0.1) is 22.7 Å². The zero-order chi connectivity index (χ0) is 28.2. The van der Waals surface area contributed by atoms with E-state index in [0.29, 0.717) is 25.7 Å². The van der Waals surface area contributed by atoms with Crippen LogP contribution >= 0.6 is 0 Å². The lowest BCUT2D eigenvalue weighted by molar-refractivity contribution is -0.315. The maximum atomic E-state index is 13.7. The van der Waals surface area contributed by atoms with Crippen LogP contribution in [-0.2, 0) is 19.1 Å². The highest BCUT2D eigenvalue weighted by Crippen LogP contribution is 2.46. The van der Waals surface area contributed by atoms with Gasteiger partial charge in [0.15, 0.2) is 0 Å². The minimum Gasteiger partial charge on any atom is -0.458 e. The predicted molar refractivity (Wildman–Crippen MR) is 124 cm³/mol. The molecule has 0 amide bonds. The number of carbonyl (C=O) groups excluding carboxylic acids is 2. The van der Waals surface area contributed by atoms with E-state index in [9.17, 15) is 35.9 Å². The highest BCUT2D eigenvalue weighted by Gasteiger charge is 2.61. The van der Waals surface area contributed by atoms with Crippen molar-refractivity contribution in [3.8, 4) is 0 Å². The molecule has 0 aromatic carbocycles. The number of rotatable bonds is 11. The Kier molecular flexibility index (Phi) is 10.8. The molecule has 0 bridgehead atoms. The van der Waals surface area contributed by atoms with Gasteiger partial charge in [-0.2, -0.15) is 26.3 Å². The van der Waals surface area contributed by atoms with Gasteiger partial charge in [-0.15, -0.1) is 0 Å². The average molecular weight is 533 g/mol. The number of alkyl halides is 6. The molecule has 0 heterocycles. The summed E-state index contributed by atoms with van der Waals surface area (Å²) in [5, 5.41) is 0. The van der Waals surface area contributed by atoms with E-state index in [1.807, 2.05) is 41.5 Å². The van der Waals surface area contributed by atoms with Gasteiger partial charge in [-0.1, -0.05) is 67.7 Å². The van der Waals surface area contributed by atoms with Gasteiger partial charge in [-0.3, -0.25) is 9.59 Å². The standard InChI is InChI=1S/C26H42F6O4/c1-8-17(19(33)35-21(25(27,28)29)26(30,31)32)24(14-12-11-13-15-24)36-20(34)18(23(6,7)10-3)16-22(4,5)9-2/h17-18,21H,8-16H2,1-7H3. The molecule has 1 aliphatic rings. The van der Waals surface area contributed by atoms with Crippen molar-refractivity contribution in [1.82, 2.24) is 0 Å². The molecule has 1 saturated carbocycles. The van der Waals surface area contributed by atoms with Crippen LogP contribution in [0.5, 0.6) is 0 Å². The normalized spacial score (nSPS) is 19.1. The highest BCUT2D eigenvalue weighted by atomic mass is 19.4. The number of hydrogen-bond acceptors (Lipinski definition) is 4. The van der Waals surface area contributed by atoms with E-state index in [1.165, 1.54) is 6.92 Å². The van der Waals surface area contributed by atoms with Gasteiger partial charge in [0.2, 0.25) is 0 Å². The maximum Gasteiger partial charge on any atom is 0.434 e. The second-order valence-electron chi connectivity index (χ2n) is 11.5. The fourth-order valence-corrected chi connectivity index (χ4v) is 4.84. The molecule has 4 nitrogen and oxygen atoms in total. The molecule has 1 rings (SSSR count). The van der Waals surface area contributed by atoms with Crippen molar-refractivity contribution in [3.63, 3.8) is 0 Å². The summed E-state index contributed by atoms with van der Waals surface area (Å²) in [6, 6.07) is 0. The van der Waals surface area contributed by atoms with Crippen LogP contribution in [-0.4, -0.2) is 36.0 Å². The van der Waals surface area contributed by atoms with E-state index in [2.05, 4.69) is 4.74 Å². The van der Waals surface area contributed by atoms with Gasteiger partial charge >= 0.3 is 24.3 Å². The minimum absolute atomic E-state index is 0.128. The summed E-state index contributed by atoms with van der Waals surface area (Å²) in [4.78, 5) is 26.5. The summed E-state index contributed by atoms with van der Waals surface area (Å²) in [6.45, 7) is 13.3. The smallest absolute Gasteiger partial charge is 0.434 e. The fraction of sp³-hybridized carbons (Fsp3) is 0.923. The summed E-state index contributed by atoms with van der Waals surface area (Å²) < 4.78 is 88.6. The van der Waals surface area contributed by atoms with Gasteiger partial charge in [0.25, 0.3) is 6.10 Å². The molecular formula is C26H42F6O4. The lowest BCUT2D eigenvalue weighted by atomic mass is 9.68. The van der Waals surface area contributed by atoms with Crippen LogP contribution in [0.4, 0.5) is 26.3 Å². The van der Waals surface area contributed by atoms with E-state index >= 15 is 0 Å². The Morgan fingerprint density at radius 1 is 0.806 bits per heavy atom. The van der Waals surface area contributed by atoms with Gasteiger partial charge in [0.05, 0.1) is 11.8 Å². The second-order valence-corrected chi connectivity index (χ2v) is 11.5. The molecule has 1 fully saturated rings. The van der Waals surface area contributed by atoms with E-state index < -0.39 is 53.2 Å². The van der Waals surface area contributed by atoms with Crippen LogP contribution in [0.15, 0.2) is 0 Å². The lowest BCUT2D eigenvalue weighted by Crippen LogP contribution is -2.53. The van der Waals surface area contributed by atoms with Crippen LogP contribution < -0.4 is 0 Å². The average Bonchev–Trinajstić information content (AvgIpc) is 2.75. The third-order valence-electron chi connectivity index (χ3n) is 8.01. The Labute approximate surface area is 210 Å². The first-order chi connectivity index (χ1) is 16.3. The molecule has 0 aromatic rings. The molecule has 36 heavy (non-hydrogen) atoms. The summed E-state index contributed by atoms with van der Waals surface area (Å²) >= 11 is 0. The Morgan fingerprint density at radius 2 is 1.31 bits per heavy atom. The van der Waals surface area contributed by atoms with E-state index in [1.54, 1.807) is 0 Å². The zero-order valence-electron chi connectivity index (χ0n) is 22.5. The molecule has 2 atom stereocenters. The molecule has 0 aliphatic heterocycles. The molecule has 0 spiro atoms. The third-order valence-corrected chi connectivity index (χ3v) is 8.01. The first-order valence-electron chi connectivity index (χ1n) is 12.8. The van der Waals surface area contributed by atoms with Crippen LogP contribution in [0.25, 0.3) is 0 Å². The van der Waals surface area contributed by atoms with E-state index in [-0.39, 0.29) is 24.7 Å². The Bertz CT molecular complexity index is 722. The first-order valence-corrected chi connectivity index (χ1v) is 12.8. The summed E-state index contributed by atoms with van der Waals surface area (Å²) in [5.74, 6) is -4.23. The van der Waals surface area contributed by atoms with Crippen molar-refractivity contribution in [2.45, 2.75) is 130 Å². The molecule has 212 valence electrons. The second kappa shape index (κ2) is 11.9. The zero-order valence-corrected chi connectivity index (χ0v) is 22.5. The Morgan fingerprint density at radius 3 is 1.69 bits per heavy atom. The molecule has 0 saturated heterocycles. The number of ether oxygens (including phenoxy) is 2. The summed E-state index contributed by atoms with van der Waals surface area (Å²) in [5.41, 5.74) is -2.19. The fourth-order valence-electron chi connectivity index (χ4n) is 4.84. The van der Waals surface area contributed by atoms with E-state index in [4.69, 9.17) is 4.74 Å². The van der Waals surface area contributed by atoms with Crippen LogP contribution in [0.3, 0.4) is 0 Å². The quantitative estimate of drug-likeness (QED) is 0.199. The van der Waals surface area contributed by atoms with Gasteiger partial charge in [-0.05, 0) is 49.4 Å². The van der Waals surface area contributed by atoms with Crippen molar-refractivity contribution in [2.75, 3.05) is 0 Å². The first kappa shape index (κ1) is 32.5. The Balaban J connectivity index is 3.39. The van der Waals surface area contributed by atoms with Crippen molar-refractivity contribution < 1.29 is 45.4 Å². The summed E-state index contributed by atoms with van der Waals surface area (Å²) in [7, 11) is 0. The van der Waals surface area contributed by atoms with Gasteiger partial charge in [0, 0.05) is 0 Å². The largest absolute Gasteiger partial charge is 0.458 e. The number of carbonyl (C=O) groups is 2. The predicted octanol–water partition coefficient (Wildman–Crippen LogP) is 8.17. The number of halogens is 6. The van der Waals surface area contributed by atoms with Crippen LogP contribution in [0.2, 0.25) is 0 Å².